The molecule has 0 saturated heterocycles. The number of esters is 1. The Morgan fingerprint density at radius 3 is 1.41 bits per heavy atom. The van der Waals surface area contributed by atoms with Gasteiger partial charge in [-0.1, -0.05) is 160 Å². The van der Waals surface area contributed by atoms with Crippen molar-refractivity contribution in [1.82, 2.24) is 0 Å². The molecule has 0 fully saturated rings. The van der Waals surface area contributed by atoms with Crippen LogP contribution < -0.4 is 0 Å². The zero-order chi connectivity index (χ0) is 28.7. The fourth-order valence-electron chi connectivity index (χ4n) is 5.18. The van der Waals surface area contributed by atoms with Crippen LogP contribution in [0.3, 0.4) is 0 Å². The van der Waals surface area contributed by atoms with Crippen LogP contribution in [0.15, 0.2) is 24.8 Å². The van der Waals surface area contributed by atoms with E-state index in [2.05, 4.69) is 25.7 Å². The number of aliphatic carboxylic acids is 1. The highest BCUT2D eigenvalue weighted by Gasteiger charge is 2.22. The van der Waals surface area contributed by atoms with Crippen LogP contribution in [-0.4, -0.2) is 23.7 Å². The van der Waals surface area contributed by atoms with Crippen LogP contribution in [0.25, 0.3) is 0 Å². The summed E-state index contributed by atoms with van der Waals surface area (Å²) in [5.41, 5.74) is 0. The molecule has 0 aliphatic carbocycles. The number of carboxylic acids is 1. The molecule has 0 aliphatic heterocycles. The first kappa shape index (κ1) is 37.4. The van der Waals surface area contributed by atoms with Crippen molar-refractivity contribution >= 4 is 11.9 Å². The van der Waals surface area contributed by atoms with Gasteiger partial charge in [-0.2, -0.15) is 0 Å². The second-order valence-electron chi connectivity index (χ2n) is 11.5. The second kappa shape index (κ2) is 31.0. The van der Waals surface area contributed by atoms with Gasteiger partial charge in [0.25, 0.3) is 0 Å². The van der Waals surface area contributed by atoms with E-state index in [1.165, 1.54) is 141 Å². The Morgan fingerprint density at radius 2 is 1.03 bits per heavy atom. The maximum absolute atomic E-state index is 12.0. The number of ether oxygens (including phenoxy) is 1. The SMILES string of the molecule is C=CCOC(=O)C(CCCCCCCCCCCCCC/C=C/CCCCCCCCCCCC)CC(=O)O. The summed E-state index contributed by atoms with van der Waals surface area (Å²) in [7, 11) is 0. The lowest BCUT2D eigenvalue weighted by Gasteiger charge is -2.13. The summed E-state index contributed by atoms with van der Waals surface area (Å²) in [5, 5.41) is 9.02. The first-order valence-corrected chi connectivity index (χ1v) is 16.8. The van der Waals surface area contributed by atoms with Crippen molar-refractivity contribution in [2.24, 2.45) is 5.92 Å². The van der Waals surface area contributed by atoms with Crippen molar-refractivity contribution in [2.45, 2.75) is 174 Å². The summed E-state index contributed by atoms with van der Waals surface area (Å²) >= 11 is 0. The minimum atomic E-state index is -0.942. The van der Waals surface area contributed by atoms with E-state index in [0.29, 0.717) is 6.42 Å². The van der Waals surface area contributed by atoms with Crippen molar-refractivity contribution in [1.29, 1.82) is 0 Å². The molecule has 0 rings (SSSR count). The monoisotopic (exact) mass is 548 g/mol. The Kier molecular flexibility index (Phi) is 29.7. The van der Waals surface area contributed by atoms with E-state index in [1.54, 1.807) is 0 Å². The molecule has 1 atom stereocenters. The van der Waals surface area contributed by atoms with Gasteiger partial charge in [0.1, 0.15) is 6.61 Å². The Morgan fingerprint density at radius 1 is 0.641 bits per heavy atom. The van der Waals surface area contributed by atoms with Gasteiger partial charge in [0, 0.05) is 0 Å². The summed E-state index contributed by atoms with van der Waals surface area (Å²) in [6, 6.07) is 0. The minimum Gasteiger partial charge on any atom is -0.481 e. The first-order chi connectivity index (χ1) is 19.1. The molecule has 0 aromatic heterocycles. The molecule has 228 valence electrons. The third-order valence-electron chi connectivity index (χ3n) is 7.66. The largest absolute Gasteiger partial charge is 0.481 e. The van der Waals surface area contributed by atoms with E-state index in [0.717, 1.165) is 19.3 Å². The first-order valence-electron chi connectivity index (χ1n) is 16.8. The van der Waals surface area contributed by atoms with Crippen molar-refractivity contribution in [3.05, 3.63) is 24.8 Å². The molecule has 4 heteroatoms. The van der Waals surface area contributed by atoms with Gasteiger partial charge in [0.2, 0.25) is 0 Å². The van der Waals surface area contributed by atoms with E-state index in [9.17, 15) is 9.59 Å². The second-order valence-corrected chi connectivity index (χ2v) is 11.5. The quantitative estimate of drug-likeness (QED) is 0.0531. The van der Waals surface area contributed by atoms with Gasteiger partial charge >= 0.3 is 11.9 Å². The average Bonchev–Trinajstić information content (AvgIpc) is 2.92. The fraction of sp³-hybridized carbons (Fsp3) is 0.829. The minimum absolute atomic E-state index is 0.145. The van der Waals surface area contributed by atoms with Crippen LogP contribution in [0, 0.1) is 5.92 Å². The van der Waals surface area contributed by atoms with E-state index in [4.69, 9.17) is 9.84 Å². The molecular weight excluding hydrogens is 484 g/mol. The summed E-state index contributed by atoms with van der Waals surface area (Å²) < 4.78 is 5.04. The van der Waals surface area contributed by atoms with E-state index >= 15 is 0 Å². The van der Waals surface area contributed by atoms with Gasteiger partial charge in [-0.15, -0.1) is 0 Å². The van der Waals surface area contributed by atoms with E-state index in [1.807, 2.05) is 0 Å². The van der Waals surface area contributed by atoms with Crippen molar-refractivity contribution in [3.8, 4) is 0 Å². The molecule has 0 aromatic rings. The number of hydrogen-bond donors (Lipinski definition) is 1. The predicted octanol–water partition coefficient (Wildman–Crippen LogP) is 11.1. The topological polar surface area (TPSA) is 63.6 Å². The molecule has 39 heavy (non-hydrogen) atoms. The van der Waals surface area contributed by atoms with Gasteiger partial charge in [-0.05, 0) is 32.1 Å². The molecule has 0 radical (unpaired) electrons. The molecule has 0 aliphatic rings. The van der Waals surface area contributed by atoms with Gasteiger partial charge in [-0.25, -0.2) is 0 Å². The molecule has 0 saturated carbocycles. The van der Waals surface area contributed by atoms with Gasteiger partial charge < -0.3 is 9.84 Å². The van der Waals surface area contributed by atoms with Crippen LogP contribution in [0.1, 0.15) is 174 Å². The lowest BCUT2D eigenvalue weighted by atomic mass is 9.97. The molecule has 1 N–H and O–H groups in total. The maximum atomic E-state index is 12.0. The smallest absolute Gasteiger partial charge is 0.309 e. The Labute approximate surface area is 242 Å². The van der Waals surface area contributed by atoms with Crippen LogP contribution in [-0.2, 0) is 14.3 Å². The van der Waals surface area contributed by atoms with Gasteiger partial charge in [0.05, 0.1) is 12.3 Å². The lowest BCUT2D eigenvalue weighted by molar-refractivity contribution is -0.152. The number of hydrogen-bond acceptors (Lipinski definition) is 3. The highest BCUT2D eigenvalue weighted by atomic mass is 16.5. The number of unbranched alkanes of at least 4 members (excludes halogenated alkanes) is 22. The van der Waals surface area contributed by atoms with Crippen molar-refractivity contribution in [2.75, 3.05) is 6.61 Å². The fourth-order valence-corrected chi connectivity index (χ4v) is 5.18. The number of carbonyl (C=O) groups excluding carboxylic acids is 1. The molecule has 0 heterocycles. The standard InChI is InChI=1S/C35H64O4/c1-3-5-6-7-8-9-10-11-12-13-14-15-16-17-18-19-20-21-22-23-24-25-26-27-28-29-30-33(32-34(36)37)35(38)39-31-4-2/h4,15-16,33H,2-3,5-14,17-32H2,1H3,(H,36,37)/b16-15+. The molecular formula is C35H64O4. The predicted molar refractivity (Wildman–Crippen MR) is 167 cm³/mol. The number of allylic oxidation sites excluding steroid dienone is 2. The summed E-state index contributed by atoms with van der Waals surface area (Å²) in [6.07, 6.45) is 38.6. The zero-order valence-corrected chi connectivity index (χ0v) is 25.8. The summed E-state index contributed by atoms with van der Waals surface area (Å²) in [5.74, 6) is -1.89. The van der Waals surface area contributed by atoms with Crippen molar-refractivity contribution in [3.63, 3.8) is 0 Å². The third kappa shape index (κ3) is 29.2. The Balaban J connectivity index is 3.36. The molecule has 0 spiro atoms. The number of rotatable bonds is 31. The molecule has 0 bridgehead atoms. The molecule has 0 aromatic carbocycles. The highest BCUT2D eigenvalue weighted by Crippen LogP contribution is 2.18. The Bertz CT molecular complexity index is 583. The van der Waals surface area contributed by atoms with Crippen LogP contribution >= 0.6 is 0 Å². The van der Waals surface area contributed by atoms with Crippen LogP contribution in [0.4, 0.5) is 0 Å². The number of carboxylic acid groups (broad SMARTS) is 1. The maximum Gasteiger partial charge on any atom is 0.309 e. The molecule has 1 unspecified atom stereocenters. The molecule has 0 amide bonds. The number of carbonyl (C=O) groups is 2. The molecule has 4 nitrogen and oxygen atoms in total. The highest BCUT2D eigenvalue weighted by molar-refractivity contribution is 5.79. The van der Waals surface area contributed by atoms with Gasteiger partial charge in [-0.3, -0.25) is 9.59 Å². The summed E-state index contributed by atoms with van der Waals surface area (Å²) in [4.78, 5) is 23.0. The normalized spacial score (nSPS) is 12.1. The van der Waals surface area contributed by atoms with Crippen LogP contribution in [0.2, 0.25) is 0 Å². The average molecular weight is 549 g/mol. The zero-order valence-electron chi connectivity index (χ0n) is 25.8. The van der Waals surface area contributed by atoms with E-state index < -0.39 is 17.9 Å². The van der Waals surface area contributed by atoms with Crippen molar-refractivity contribution < 1.29 is 19.4 Å². The van der Waals surface area contributed by atoms with E-state index in [-0.39, 0.29) is 13.0 Å². The third-order valence-corrected chi connectivity index (χ3v) is 7.66. The lowest BCUT2D eigenvalue weighted by Crippen LogP contribution is -2.21. The Hall–Kier alpha value is -1.58. The summed E-state index contributed by atoms with van der Waals surface area (Å²) in [6.45, 7) is 5.95. The van der Waals surface area contributed by atoms with Gasteiger partial charge in [0.15, 0.2) is 0 Å². The van der Waals surface area contributed by atoms with Crippen LogP contribution in [0.5, 0.6) is 0 Å².